The van der Waals surface area contributed by atoms with Crippen LogP contribution in [-0.4, -0.2) is 46.6 Å². The number of ether oxygens (including phenoxy) is 1. The number of nitrogens with one attached hydrogen (secondary N) is 2. The van der Waals surface area contributed by atoms with Gasteiger partial charge in [-0.2, -0.15) is 13.2 Å². The third kappa shape index (κ3) is 4.82. The molecule has 40 heavy (non-hydrogen) atoms. The fourth-order valence-corrected chi connectivity index (χ4v) is 4.42. The van der Waals surface area contributed by atoms with Crippen LogP contribution in [0.25, 0.3) is 33.9 Å². The highest BCUT2D eigenvalue weighted by molar-refractivity contribution is 5.85. The summed E-state index contributed by atoms with van der Waals surface area (Å²) >= 11 is 0. The minimum absolute atomic E-state index is 0.141. The number of fused-ring (bicyclic) bond motifs is 1. The second-order valence-corrected chi connectivity index (χ2v) is 9.69. The molecule has 4 heterocycles. The van der Waals surface area contributed by atoms with E-state index in [1.807, 2.05) is 0 Å². The summed E-state index contributed by atoms with van der Waals surface area (Å²) in [7, 11) is 1.49. The van der Waals surface area contributed by atoms with Gasteiger partial charge in [0.2, 0.25) is 5.88 Å². The second-order valence-electron chi connectivity index (χ2n) is 9.69. The summed E-state index contributed by atoms with van der Waals surface area (Å²) < 4.78 is 64.6. The molecule has 0 atom stereocenters. The summed E-state index contributed by atoms with van der Waals surface area (Å²) in [6.45, 7) is 1.38. The Bertz CT molecular complexity index is 1760. The molecular weight excluding hydrogens is 523 g/mol. The van der Waals surface area contributed by atoms with Crippen molar-refractivity contribution in [3.05, 3.63) is 60.1 Å². The fourth-order valence-electron chi connectivity index (χ4n) is 4.42. The third-order valence-corrected chi connectivity index (χ3v) is 6.56. The number of nitrogens with zero attached hydrogens (tertiary/aromatic N) is 7. The van der Waals surface area contributed by atoms with E-state index < -0.39 is 18.4 Å². The maximum absolute atomic E-state index is 13.4. The van der Waals surface area contributed by atoms with Gasteiger partial charge in [-0.15, -0.1) is 0 Å². The lowest BCUT2D eigenvalue weighted by Crippen LogP contribution is -2.07. The first kappa shape index (κ1) is 23.3. The van der Waals surface area contributed by atoms with Crippen molar-refractivity contribution in [2.75, 3.05) is 12.4 Å². The molecule has 1 aliphatic rings. The lowest BCUT2D eigenvalue weighted by molar-refractivity contribution is -0.140. The van der Waals surface area contributed by atoms with Gasteiger partial charge in [0.25, 0.3) is 0 Å². The third-order valence-electron chi connectivity index (χ3n) is 6.56. The number of imidazole rings is 2. The number of hydrogen-bond acceptors (Lipinski definition) is 8. The minimum atomic E-state index is -4.58. The van der Waals surface area contributed by atoms with E-state index >= 15 is 0 Å². The van der Waals surface area contributed by atoms with Crippen LogP contribution in [0.4, 0.5) is 19.0 Å². The Labute approximate surface area is 229 Å². The molecule has 0 radical (unpaired) electrons. The first-order valence-electron chi connectivity index (χ1n) is 13.6. The Morgan fingerprint density at radius 1 is 1.12 bits per heavy atom. The fraction of sp³-hybridized carbons (Fsp3) is 0.333. The van der Waals surface area contributed by atoms with Crippen LogP contribution in [0.3, 0.4) is 0 Å². The molecule has 0 aliphatic heterocycles. The molecule has 5 aromatic rings. The van der Waals surface area contributed by atoms with Crippen molar-refractivity contribution in [2.45, 2.75) is 51.3 Å². The average molecular weight is 552 g/mol. The quantitative estimate of drug-likeness (QED) is 0.249. The summed E-state index contributed by atoms with van der Waals surface area (Å²) in [6.07, 6.45) is 1.21. The van der Waals surface area contributed by atoms with E-state index in [9.17, 15) is 13.2 Å². The van der Waals surface area contributed by atoms with Gasteiger partial charge in [0.1, 0.15) is 23.2 Å². The lowest BCUT2D eigenvalue weighted by Gasteiger charge is -2.13. The highest BCUT2D eigenvalue weighted by Gasteiger charge is 2.35. The van der Waals surface area contributed by atoms with E-state index in [1.54, 1.807) is 26.0 Å². The van der Waals surface area contributed by atoms with Gasteiger partial charge in [-0.1, -0.05) is 24.3 Å². The van der Waals surface area contributed by atoms with Crippen molar-refractivity contribution in [1.29, 1.82) is 0 Å². The standard InChI is InChI=1S/C27H26F3N9O/c1-14(2)39-11-18(27(28,29)30)36-25(39)17-6-4-15(5-7-17)10-31-23-21-24(34-12-33-21)38-22(37-23)19-20(16-8-9-16)32-13-35-26(19)40-3/h4-7,11-14,16H,8-10H2,1-3H3,(H2,31,33,34,37,38)/i10D2. The zero-order valence-corrected chi connectivity index (χ0v) is 21.8. The molecule has 13 heteroatoms. The zero-order chi connectivity index (χ0) is 29.8. The summed E-state index contributed by atoms with van der Waals surface area (Å²) in [5.41, 5.74) is 1.64. The number of aromatic nitrogens is 8. The van der Waals surface area contributed by atoms with E-state index in [4.69, 9.17) is 7.48 Å². The van der Waals surface area contributed by atoms with Crippen LogP contribution in [0.1, 0.15) is 58.3 Å². The number of anilines is 1. The molecule has 0 amide bonds. The molecule has 1 aromatic carbocycles. The van der Waals surface area contributed by atoms with E-state index in [-0.39, 0.29) is 35.0 Å². The molecule has 1 fully saturated rings. The minimum Gasteiger partial charge on any atom is -0.480 e. The van der Waals surface area contributed by atoms with Crippen molar-refractivity contribution in [3.8, 4) is 28.7 Å². The molecule has 0 bridgehead atoms. The molecule has 6 rings (SSSR count). The van der Waals surface area contributed by atoms with Gasteiger partial charge in [-0.25, -0.2) is 29.9 Å². The number of methoxy groups -OCH3 is 1. The molecule has 0 unspecified atom stereocenters. The van der Waals surface area contributed by atoms with E-state index in [1.165, 1.54) is 36.5 Å². The number of hydrogen-bond donors (Lipinski definition) is 2. The van der Waals surface area contributed by atoms with Gasteiger partial charge in [-0.05, 0) is 32.3 Å². The number of benzene rings is 1. The molecule has 2 N–H and O–H groups in total. The van der Waals surface area contributed by atoms with Crippen LogP contribution in [0.5, 0.6) is 5.88 Å². The topological polar surface area (TPSA) is 119 Å². The second kappa shape index (κ2) is 9.88. The predicted molar refractivity (Wildman–Crippen MR) is 142 cm³/mol. The molecule has 1 aliphatic carbocycles. The Balaban J connectivity index is 1.36. The Morgan fingerprint density at radius 3 is 2.58 bits per heavy atom. The molecule has 4 aromatic heterocycles. The summed E-state index contributed by atoms with van der Waals surface area (Å²) in [5.74, 6) is 1.07. The summed E-state index contributed by atoms with van der Waals surface area (Å²) in [6, 6.07) is 5.82. The largest absolute Gasteiger partial charge is 0.480 e. The van der Waals surface area contributed by atoms with Crippen molar-refractivity contribution < 1.29 is 20.6 Å². The van der Waals surface area contributed by atoms with Crippen LogP contribution in [0, 0.1) is 0 Å². The van der Waals surface area contributed by atoms with Gasteiger partial charge in [0.15, 0.2) is 23.0 Å². The maximum Gasteiger partial charge on any atom is 0.434 e. The summed E-state index contributed by atoms with van der Waals surface area (Å²) in [4.78, 5) is 28.9. The smallest absolute Gasteiger partial charge is 0.434 e. The number of aromatic amines is 1. The van der Waals surface area contributed by atoms with E-state index in [2.05, 4.69) is 40.2 Å². The number of rotatable bonds is 8. The monoisotopic (exact) mass is 551 g/mol. The Kier molecular flexibility index (Phi) is 5.77. The first-order valence-corrected chi connectivity index (χ1v) is 12.6. The lowest BCUT2D eigenvalue weighted by atomic mass is 10.1. The SMILES string of the molecule is [2H]C([2H])(Nc1nc(-c2c(OC)ncnc2C2CC2)nc2nc[nH]c12)c1ccc(-c2nc(C(F)(F)F)cn2C(C)C)cc1. The van der Waals surface area contributed by atoms with Crippen LogP contribution in [0.15, 0.2) is 43.1 Å². The van der Waals surface area contributed by atoms with Crippen molar-refractivity contribution >= 4 is 17.0 Å². The molecule has 1 saturated carbocycles. The van der Waals surface area contributed by atoms with Gasteiger partial charge < -0.3 is 19.6 Å². The molecule has 206 valence electrons. The number of H-pyrrole nitrogens is 1. The van der Waals surface area contributed by atoms with Crippen LogP contribution >= 0.6 is 0 Å². The number of halogens is 3. The van der Waals surface area contributed by atoms with Crippen LogP contribution < -0.4 is 10.1 Å². The van der Waals surface area contributed by atoms with Crippen LogP contribution in [0.2, 0.25) is 0 Å². The maximum atomic E-state index is 13.4. The Morgan fingerprint density at radius 2 is 1.90 bits per heavy atom. The van der Waals surface area contributed by atoms with E-state index in [0.717, 1.165) is 24.7 Å². The normalized spacial score (nSPS) is 14.9. The molecule has 0 spiro atoms. The van der Waals surface area contributed by atoms with Gasteiger partial charge >= 0.3 is 6.18 Å². The van der Waals surface area contributed by atoms with Crippen molar-refractivity contribution in [3.63, 3.8) is 0 Å². The van der Waals surface area contributed by atoms with Gasteiger partial charge in [0, 0.05) is 30.2 Å². The zero-order valence-electron chi connectivity index (χ0n) is 23.8. The van der Waals surface area contributed by atoms with Crippen molar-refractivity contribution in [1.82, 2.24) is 39.5 Å². The highest BCUT2D eigenvalue weighted by Crippen LogP contribution is 2.45. The molecule has 0 saturated heterocycles. The highest BCUT2D eigenvalue weighted by atomic mass is 19.4. The van der Waals surface area contributed by atoms with Crippen LogP contribution in [-0.2, 0) is 12.7 Å². The molecule has 10 nitrogen and oxygen atoms in total. The van der Waals surface area contributed by atoms with Gasteiger partial charge in [-0.3, -0.25) is 0 Å². The average Bonchev–Trinajstić information content (AvgIpc) is 3.49. The van der Waals surface area contributed by atoms with Gasteiger partial charge in [0.05, 0.1) is 21.9 Å². The Hall–Kier alpha value is -4.55. The number of alkyl halides is 3. The summed E-state index contributed by atoms with van der Waals surface area (Å²) in [5, 5.41) is 2.85. The predicted octanol–water partition coefficient (Wildman–Crippen LogP) is 5.77. The van der Waals surface area contributed by atoms with E-state index in [0.29, 0.717) is 28.2 Å². The first-order chi connectivity index (χ1) is 20.0. The van der Waals surface area contributed by atoms with Crippen molar-refractivity contribution in [2.24, 2.45) is 0 Å². The molecular formula is C27H26F3N9O.